The second-order valence-corrected chi connectivity index (χ2v) is 13.4. The van der Waals surface area contributed by atoms with Crippen molar-refractivity contribution in [2.24, 2.45) is 0 Å². The molecule has 1 amide bonds. The third-order valence-corrected chi connectivity index (χ3v) is 10.1. The van der Waals surface area contributed by atoms with Crippen molar-refractivity contribution in [2.45, 2.75) is 70.8 Å². The number of H-pyrrole nitrogens is 1. The Kier molecular flexibility index (Phi) is 7.00. The van der Waals surface area contributed by atoms with Crippen LogP contribution < -0.4 is 5.32 Å². The van der Waals surface area contributed by atoms with Gasteiger partial charge in [-0.1, -0.05) is 51.1 Å². The summed E-state index contributed by atoms with van der Waals surface area (Å²) in [5.74, 6) is -0.142. The minimum Gasteiger partial charge on any atom is -0.412 e. The molecular weight excluding hydrogens is 354 g/mol. The Hall–Kier alpha value is -1.92. The number of carbonyl (C=O) groups is 1. The fourth-order valence-corrected chi connectivity index (χ4v) is 4.19. The lowest BCUT2D eigenvalue weighted by Gasteiger charge is -2.40. The largest absolute Gasteiger partial charge is 0.412 e. The topological polar surface area (TPSA) is 67.0 Å². The second kappa shape index (κ2) is 8.84. The minimum atomic E-state index is -1.93. The summed E-state index contributed by atoms with van der Waals surface area (Å²) in [6, 6.07) is 10.3. The summed E-state index contributed by atoms with van der Waals surface area (Å²) in [5.41, 5.74) is 1.73. The predicted molar refractivity (Wildman–Crippen MR) is 112 cm³/mol. The van der Waals surface area contributed by atoms with Crippen molar-refractivity contribution in [3.63, 3.8) is 0 Å². The molecule has 0 unspecified atom stereocenters. The van der Waals surface area contributed by atoms with E-state index in [-0.39, 0.29) is 23.1 Å². The molecule has 0 aliphatic carbocycles. The molecule has 2 atom stereocenters. The van der Waals surface area contributed by atoms with E-state index < -0.39 is 8.32 Å². The van der Waals surface area contributed by atoms with E-state index in [1.165, 1.54) is 11.9 Å². The molecule has 0 aliphatic heterocycles. The van der Waals surface area contributed by atoms with E-state index in [9.17, 15) is 4.79 Å². The zero-order chi connectivity index (χ0) is 20.1. The maximum atomic E-state index is 12.6. The van der Waals surface area contributed by atoms with E-state index in [0.29, 0.717) is 5.69 Å². The summed E-state index contributed by atoms with van der Waals surface area (Å²) in [4.78, 5) is 19.4. The Labute approximate surface area is 164 Å². The van der Waals surface area contributed by atoms with Gasteiger partial charge in [0.15, 0.2) is 8.32 Å². The van der Waals surface area contributed by atoms with Crippen LogP contribution in [-0.2, 0) is 10.8 Å². The van der Waals surface area contributed by atoms with Crippen LogP contribution in [0.25, 0.3) is 0 Å². The van der Waals surface area contributed by atoms with E-state index in [1.807, 2.05) is 18.2 Å². The third kappa shape index (κ3) is 6.04. The third-order valence-electron chi connectivity index (χ3n) is 5.50. The molecule has 5 nitrogen and oxygen atoms in total. The van der Waals surface area contributed by atoms with E-state index >= 15 is 0 Å². The van der Waals surface area contributed by atoms with Crippen molar-refractivity contribution in [1.82, 2.24) is 15.3 Å². The van der Waals surface area contributed by atoms with E-state index in [1.54, 1.807) is 6.20 Å². The zero-order valence-electron chi connectivity index (χ0n) is 17.4. The first kappa shape index (κ1) is 21.4. The lowest BCUT2D eigenvalue weighted by atomic mass is 10.0. The summed E-state index contributed by atoms with van der Waals surface area (Å²) in [5, 5.41) is 3.27. The van der Waals surface area contributed by atoms with Gasteiger partial charge in [0.25, 0.3) is 5.91 Å². The minimum absolute atomic E-state index is 0.0681. The second-order valence-electron chi connectivity index (χ2n) is 8.65. The Balaban J connectivity index is 2.11. The lowest BCUT2D eigenvalue weighted by Crippen LogP contribution is -2.51. The van der Waals surface area contributed by atoms with Crippen LogP contribution in [0.4, 0.5) is 0 Å². The molecule has 1 aromatic carbocycles. The van der Waals surface area contributed by atoms with Gasteiger partial charge in [-0.3, -0.25) is 4.79 Å². The maximum absolute atomic E-state index is 12.6. The molecule has 1 aromatic heterocycles. The van der Waals surface area contributed by atoms with Crippen molar-refractivity contribution >= 4 is 14.2 Å². The highest BCUT2D eigenvalue weighted by atomic mass is 28.4. The van der Waals surface area contributed by atoms with Crippen LogP contribution in [-0.4, -0.2) is 36.3 Å². The van der Waals surface area contributed by atoms with Gasteiger partial charge in [-0.25, -0.2) is 4.98 Å². The number of nitrogens with zero attached hydrogens (tertiary/aromatic N) is 1. The van der Waals surface area contributed by atoms with E-state index in [0.717, 1.165) is 12.8 Å². The van der Waals surface area contributed by atoms with Gasteiger partial charge in [0.05, 0.1) is 24.7 Å². The first-order valence-corrected chi connectivity index (χ1v) is 12.5. The average molecular weight is 388 g/mol. The number of carbonyl (C=O) groups excluding carboxylic acids is 1. The van der Waals surface area contributed by atoms with Crippen LogP contribution in [0.1, 0.15) is 50.2 Å². The van der Waals surface area contributed by atoms with Gasteiger partial charge < -0.3 is 14.7 Å². The molecule has 2 rings (SSSR count). The number of imidazole rings is 1. The zero-order valence-corrected chi connectivity index (χ0v) is 18.4. The van der Waals surface area contributed by atoms with Gasteiger partial charge in [0.1, 0.15) is 5.69 Å². The highest BCUT2D eigenvalue weighted by Crippen LogP contribution is 2.37. The quantitative estimate of drug-likeness (QED) is 0.653. The highest BCUT2D eigenvalue weighted by Gasteiger charge is 2.39. The van der Waals surface area contributed by atoms with Crippen LogP contribution in [0.3, 0.4) is 0 Å². The fraction of sp³-hybridized carbons (Fsp3) is 0.524. The van der Waals surface area contributed by atoms with Crippen LogP contribution in [0.15, 0.2) is 42.9 Å². The summed E-state index contributed by atoms with van der Waals surface area (Å²) < 4.78 is 6.57. The monoisotopic (exact) mass is 387 g/mol. The van der Waals surface area contributed by atoms with Gasteiger partial charge in [0.2, 0.25) is 0 Å². The summed E-state index contributed by atoms with van der Waals surface area (Å²) in [6.07, 6.45) is 4.70. The van der Waals surface area contributed by atoms with Crippen LogP contribution >= 0.6 is 0 Å². The molecule has 0 saturated heterocycles. The Morgan fingerprint density at radius 2 is 1.93 bits per heavy atom. The molecule has 0 aliphatic rings. The molecule has 2 aromatic rings. The van der Waals surface area contributed by atoms with Gasteiger partial charge in [-0.15, -0.1) is 0 Å². The average Bonchev–Trinajstić information content (AvgIpc) is 3.12. The van der Waals surface area contributed by atoms with Gasteiger partial charge in [0, 0.05) is 0 Å². The maximum Gasteiger partial charge on any atom is 0.269 e. The number of nitrogens with one attached hydrogen (secondary N) is 2. The number of rotatable bonds is 8. The van der Waals surface area contributed by atoms with Crippen LogP contribution in [0.5, 0.6) is 0 Å². The molecule has 0 spiro atoms. The first-order valence-electron chi connectivity index (χ1n) is 9.61. The number of aromatic amines is 1. The molecule has 1 heterocycles. The molecule has 0 bridgehead atoms. The van der Waals surface area contributed by atoms with Gasteiger partial charge in [-0.05, 0) is 43.5 Å². The smallest absolute Gasteiger partial charge is 0.269 e. The number of hydrogen-bond acceptors (Lipinski definition) is 3. The Morgan fingerprint density at radius 1 is 1.26 bits per heavy atom. The fourth-order valence-electron chi connectivity index (χ4n) is 2.74. The van der Waals surface area contributed by atoms with Crippen molar-refractivity contribution in [2.75, 3.05) is 0 Å². The predicted octanol–water partition coefficient (Wildman–Crippen LogP) is 4.55. The van der Waals surface area contributed by atoms with Crippen molar-refractivity contribution < 1.29 is 9.22 Å². The van der Waals surface area contributed by atoms with Crippen molar-refractivity contribution in [3.8, 4) is 0 Å². The SMILES string of the molecule is C[C@H](O[Si](C)(C)C(C)(C)C)[C@@H](CCc1ccccc1)NC(=O)c1cnc[nH]1. The van der Waals surface area contributed by atoms with E-state index in [4.69, 9.17) is 4.43 Å². The lowest BCUT2D eigenvalue weighted by molar-refractivity contribution is 0.0858. The highest BCUT2D eigenvalue weighted by molar-refractivity contribution is 6.74. The number of hydrogen-bond donors (Lipinski definition) is 2. The Bertz CT molecular complexity index is 709. The molecule has 0 saturated carbocycles. The standard InChI is InChI=1S/C21H33N3O2Si/c1-16(26-27(5,6)21(2,3)4)18(13-12-17-10-8-7-9-11-17)24-20(25)19-14-22-15-23-19/h7-11,14-16,18H,12-13H2,1-6H3,(H,22,23)(H,24,25)/t16-,18+/m0/s1. The molecule has 2 N–H and O–H groups in total. The van der Waals surface area contributed by atoms with Crippen molar-refractivity contribution in [1.29, 1.82) is 0 Å². The van der Waals surface area contributed by atoms with Crippen LogP contribution in [0, 0.1) is 0 Å². The van der Waals surface area contributed by atoms with Gasteiger partial charge in [-0.2, -0.15) is 0 Å². The van der Waals surface area contributed by atoms with E-state index in [2.05, 4.69) is 68.2 Å². The van der Waals surface area contributed by atoms with Gasteiger partial charge >= 0.3 is 0 Å². The Morgan fingerprint density at radius 3 is 2.48 bits per heavy atom. The number of benzene rings is 1. The molecular formula is C21H33N3O2Si. The molecule has 0 radical (unpaired) electrons. The van der Waals surface area contributed by atoms with Crippen LogP contribution in [0.2, 0.25) is 18.1 Å². The molecule has 148 valence electrons. The molecule has 27 heavy (non-hydrogen) atoms. The molecule has 0 fully saturated rings. The number of aromatic nitrogens is 2. The summed E-state index contributed by atoms with van der Waals surface area (Å²) in [7, 11) is -1.93. The summed E-state index contributed by atoms with van der Waals surface area (Å²) >= 11 is 0. The number of amides is 1. The molecule has 6 heteroatoms. The normalized spacial score (nSPS) is 14.6. The van der Waals surface area contributed by atoms with Crippen molar-refractivity contribution in [3.05, 3.63) is 54.1 Å². The number of aryl methyl sites for hydroxylation is 1. The summed E-state index contributed by atoms with van der Waals surface area (Å²) in [6.45, 7) is 13.3. The first-order chi connectivity index (χ1) is 12.6.